The zero-order valence-electron chi connectivity index (χ0n) is 18.3. The number of piperidine rings is 2. The Morgan fingerprint density at radius 2 is 1.66 bits per heavy atom. The maximum Gasteiger partial charge on any atom is 0.251 e. The predicted molar refractivity (Wildman–Crippen MR) is 124 cm³/mol. The number of hydrogen-bond donors (Lipinski definition) is 2. The van der Waals surface area contributed by atoms with Crippen LogP contribution in [0.4, 0.5) is 11.4 Å². The molecule has 32 heavy (non-hydrogen) atoms. The van der Waals surface area contributed by atoms with Gasteiger partial charge in [0.15, 0.2) is 0 Å². The molecule has 2 aliphatic rings. The van der Waals surface area contributed by atoms with Crippen LogP contribution in [0, 0.1) is 5.92 Å². The Hall–Kier alpha value is -3.35. The number of primary amides is 1. The van der Waals surface area contributed by atoms with E-state index in [2.05, 4.69) is 10.2 Å². The maximum atomic E-state index is 12.5. The zero-order chi connectivity index (χ0) is 22.5. The molecule has 2 aliphatic heterocycles. The quantitative estimate of drug-likeness (QED) is 0.731. The fourth-order valence-electron chi connectivity index (χ4n) is 4.42. The van der Waals surface area contributed by atoms with Crippen molar-refractivity contribution in [2.45, 2.75) is 38.6 Å². The molecule has 2 aromatic rings. The Morgan fingerprint density at radius 1 is 0.938 bits per heavy atom. The second-order valence-corrected chi connectivity index (χ2v) is 8.59. The fraction of sp³-hybridized carbons (Fsp3) is 0.400. The minimum absolute atomic E-state index is 0.0952. The van der Waals surface area contributed by atoms with Gasteiger partial charge < -0.3 is 20.9 Å². The van der Waals surface area contributed by atoms with Gasteiger partial charge in [0.05, 0.1) is 5.92 Å². The summed E-state index contributed by atoms with van der Waals surface area (Å²) in [7, 11) is 0. The molecule has 3 N–H and O–H groups in total. The third kappa shape index (κ3) is 5.10. The zero-order valence-corrected chi connectivity index (χ0v) is 18.3. The molecule has 4 rings (SSSR count). The summed E-state index contributed by atoms with van der Waals surface area (Å²) in [5, 5.41) is 2.95. The Labute approximate surface area is 188 Å². The molecule has 0 saturated carbocycles. The molecule has 0 radical (unpaired) electrons. The normalized spacial score (nSPS) is 19.0. The molecule has 2 saturated heterocycles. The van der Waals surface area contributed by atoms with E-state index in [9.17, 15) is 14.4 Å². The largest absolute Gasteiger partial charge is 0.371 e. The van der Waals surface area contributed by atoms with E-state index in [0.29, 0.717) is 25.1 Å². The Kier molecular flexibility index (Phi) is 6.73. The number of rotatable bonds is 6. The third-order valence-corrected chi connectivity index (χ3v) is 6.34. The average molecular weight is 435 g/mol. The third-order valence-electron chi connectivity index (χ3n) is 6.34. The van der Waals surface area contributed by atoms with Gasteiger partial charge >= 0.3 is 0 Å². The van der Waals surface area contributed by atoms with Crippen LogP contribution in [0.25, 0.3) is 0 Å². The number of nitrogens with two attached hydrogens (primary N) is 1. The number of nitrogens with one attached hydrogen (secondary N) is 1. The van der Waals surface area contributed by atoms with E-state index in [1.54, 1.807) is 17.0 Å². The van der Waals surface area contributed by atoms with Crippen molar-refractivity contribution in [1.82, 2.24) is 5.32 Å². The van der Waals surface area contributed by atoms with E-state index in [1.807, 2.05) is 36.4 Å². The molecule has 0 bridgehead atoms. The first-order chi connectivity index (χ1) is 15.5. The van der Waals surface area contributed by atoms with Crippen molar-refractivity contribution in [3.05, 3.63) is 59.7 Å². The number of nitrogens with zero attached hydrogens (tertiary/aromatic N) is 2. The molecule has 2 aromatic carbocycles. The second kappa shape index (κ2) is 9.85. The SMILES string of the molecule is NC(=O)C1CCCN(c2ccc(CNC(=O)c3ccc(N4CCCCC4=O)cc3)cc2)C1. The highest BCUT2D eigenvalue weighted by Gasteiger charge is 2.24. The Bertz CT molecular complexity index is 972. The highest BCUT2D eigenvalue weighted by molar-refractivity contribution is 5.96. The molecule has 7 nitrogen and oxygen atoms in total. The fourth-order valence-corrected chi connectivity index (χ4v) is 4.42. The highest BCUT2D eigenvalue weighted by Crippen LogP contribution is 2.24. The molecule has 1 unspecified atom stereocenters. The molecule has 3 amide bonds. The molecule has 2 fully saturated rings. The van der Waals surface area contributed by atoms with Crippen molar-refractivity contribution < 1.29 is 14.4 Å². The molecule has 0 aromatic heterocycles. The lowest BCUT2D eigenvalue weighted by molar-refractivity contribution is -0.122. The molecule has 7 heteroatoms. The number of amides is 3. The molecule has 168 valence electrons. The first-order valence-electron chi connectivity index (χ1n) is 11.3. The van der Waals surface area contributed by atoms with Gasteiger partial charge in [-0.25, -0.2) is 0 Å². The van der Waals surface area contributed by atoms with Gasteiger partial charge in [0.25, 0.3) is 5.91 Å². The van der Waals surface area contributed by atoms with Crippen LogP contribution in [0.2, 0.25) is 0 Å². The summed E-state index contributed by atoms with van der Waals surface area (Å²) in [6, 6.07) is 15.2. The van der Waals surface area contributed by atoms with Gasteiger partial charge in [-0.2, -0.15) is 0 Å². The van der Waals surface area contributed by atoms with Crippen LogP contribution in [0.15, 0.2) is 48.5 Å². The summed E-state index contributed by atoms with van der Waals surface area (Å²) in [5.41, 5.74) is 8.96. The minimum atomic E-state index is -0.232. The maximum absolute atomic E-state index is 12.5. The van der Waals surface area contributed by atoms with E-state index in [1.165, 1.54) is 0 Å². The van der Waals surface area contributed by atoms with Gasteiger partial charge in [-0.3, -0.25) is 14.4 Å². The summed E-state index contributed by atoms with van der Waals surface area (Å²) < 4.78 is 0. The number of anilines is 2. The lowest BCUT2D eigenvalue weighted by Crippen LogP contribution is -2.41. The van der Waals surface area contributed by atoms with Gasteiger partial charge in [0.2, 0.25) is 11.8 Å². The van der Waals surface area contributed by atoms with Crippen molar-refractivity contribution in [2.75, 3.05) is 29.4 Å². The van der Waals surface area contributed by atoms with Gasteiger partial charge in [0, 0.05) is 49.5 Å². The molecular weight excluding hydrogens is 404 g/mol. The molecule has 0 spiro atoms. The van der Waals surface area contributed by atoms with Crippen LogP contribution in [-0.4, -0.2) is 37.4 Å². The number of carbonyl (C=O) groups is 3. The van der Waals surface area contributed by atoms with Gasteiger partial charge in [-0.1, -0.05) is 12.1 Å². The summed E-state index contributed by atoms with van der Waals surface area (Å²) in [6.07, 6.45) is 4.35. The van der Waals surface area contributed by atoms with Crippen LogP contribution in [0.1, 0.15) is 48.0 Å². The Balaban J connectivity index is 1.31. The topological polar surface area (TPSA) is 95.7 Å². The van der Waals surface area contributed by atoms with Crippen LogP contribution >= 0.6 is 0 Å². The van der Waals surface area contributed by atoms with Crippen molar-refractivity contribution in [3.63, 3.8) is 0 Å². The monoisotopic (exact) mass is 434 g/mol. The smallest absolute Gasteiger partial charge is 0.251 e. The molecule has 1 atom stereocenters. The lowest BCUT2D eigenvalue weighted by atomic mass is 9.97. The van der Waals surface area contributed by atoms with Crippen molar-refractivity contribution in [3.8, 4) is 0 Å². The van der Waals surface area contributed by atoms with Crippen LogP contribution in [0.5, 0.6) is 0 Å². The highest BCUT2D eigenvalue weighted by atomic mass is 16.2. The minimum Gasteiger partial charge on any atom is -0.371 e. The number of hydrogen-bond acceptors (Lipinski definition) is 4. The molecule has 2 heterocycles. The Morgan fingerprint density at radius 3 is 2.34 bits per heavy atom. The van der Waals surface area contributed by atoms with Gasteiger partial charge in [-0.15, -0.1) is 0 Å². The van der Waals surface area contributed by atoms with Crippen LogP contribution in [0.3, 0.4) is 0 Å². The first-order valence-corrected chi connectivity index (χ1v) is 11.3. The van der Waals surface area contributed by atoms with E-state index in [4.69, 9.17) is 5.73 Å². The van der Waals surface area contributed by atoms with E-state index >= 15 is 0 Å². The average Bonchev–Trinajstić information content (AvgIpc) is 2.83. The van der Waals surface area contributed by atoms with Crippen molar-refractivity contribution in [2.24, 2.45) is 11.7 Å². The predicted octanol–water partition coefficient (Wildman–Crippen LogP) is 2.84. The summed E-state index contributed by atoms with van der Waals surface area (Å²) in [4.78, 5) is 40.1. The van der Waals surface area contributed by atoms with Crippen LogP contribution in [-0.2, 0) is 16.1 Å². The number of carbonyl (C=O) groups excluding carboxylic acids is 3. The first kappa shape index (κ1) is 21.9. The van der Waals surface area contributed by atoms with Gasteiger partial charge in [0.1, 0.15) is 0 Å². The van der Waals surface area contributed by atoms with Crippen molar-refractivity contribution >= 4 is 29.1 Å². The van der Waals surface area contributed by atoms with Crippen molar-refractivity contribution in [1.29, 1.82) is 0 Å². The summed E-state index contributed by atoms with van der Waals surface area (Å²) in [5.74, 6) is -0.329. The summed E-state index contributed by atoms with van der Waals surface area (Å²) in [6.45, 7) is 2.74. The van der Waals surface area contributed by atoms with E-state index in [0.717, 1.165) is 55.7 Å². The lowest BCUT2D eigenvalue weighted by Gasteiger charge is -2.33. The van der Waals surface area contributed by atoms with Crippen LogP contribution < -0.4 is 20.9 Å². The number of benzene rings is 2. The van der Waals surface area contributed by atoms with Gasteiger partial charge in [-0.05, 0) is 67.6 Å². The summed E-state index contributed by atoms with van der Waals surface area (Å²) >= 11 is 0. The second-order valence-electron chi connectivity index (χ2n) is 8.59. The molecule has 0 aliphatic carbocycles. The van der Waals surface area contributed by atoms with E-state index < -0.39 is 0 Å². The van der Waals surface area contributed by atoms with E-state index in [-0.39, 0.29) is 23.6 Å². The standard InChI is InChI=1S/C25H30N4O3/c26-24(31)20-4-3-14-28(17-20)21-10-6-18(7-11-21)16-27-25(32)19-8-12-22(13-9-19)29-15-2-1-5-23(29)30/h6-13,20H,1-5,14-17H2,(H2,26,31)(H,27,32). The molecular formula is C25H30N4O3.